The fraction of sp³-hybridized carbons (Fsp3) is 0.167. The van der Waals surface area contributed by atoms with Gasteiger partial charge < -0.3 is 4.98 Å². The molecule has 0 saturated carbocycles. The minimum atomic E-state index is -2.36. The molecule has 6 nitrogen and oxygen atoms in total. The Kier molecular flexibility index (Phi) is 1.85. The fourth-order valence-corrected chi connectivity index (χ4v) is 1.35. The topological polar surface area (TPSA) is 79.6 Å². The molecule has 2 aromatic heterocycles. The van der Waals surface area contributed by atoms with Crippen LogP contribution in [0.15, 0.2) is 22.8 Å². The highest BCUT2D eigenvalue weighted by molar-refractivity contribution is 7.61. The van der Waals surface area contributed by atoms with Gasteiger partial charge in [-0.3, -0.25) is 0 Å². The molecule has 0 spiro atoms. The van der Waals surface area contributed by atoms with E-state index in [9.17, 15) is 8.42 Å². The summed E-state index contributed by atoms with van der Waals surface area (Å²) < 4.78 is 25.3. The van der Waals surface area contributed by atoms with Gasteiger partial charge in [0.05, 0.1) is 12.2 Å². The first kappa shape index (κ1) is 7.99. The Morgan fingerprint density at radius 2 is 2.38 bits per heavy atom. The summed E-state index contributed by atoms with van der Waals surface area (Å²) in [5.41, 5.74) is 1.56. The Morgan fingerprint density at radius 1 is 1.54 bits per heavy atom. The van der Waals surface area contributed by atoms with Gasteiger partial charge in [0, 0.05) is 0 Å². The summed E-state index contributed by atoms with van der Waals surface area (Å²) in [6.45, 7) is 0.120. The lowest BCUT2D eigenvalue weighted by atomic mass is 10.4. The molecule has 7 heteroatoms. The van der Waals surface area contributed by atoms with E-state index in [2.05, 4.69) is 14.4 Å². The number of hydrogen-bond donors (Lipinski definition) is 1. The third-order valence-corrected chi connectivity index (χ3v) is 1.99. The number of aromatic amines is 1. The average Bonchev–Trinajstić information content (AvgIpc) is 2.60. The van der Waals surface area contributed by atoms with Gasteiger partial charge in [-0.05, 0) is 12.1 Å². The first-order valence-corrected chi connectivity index (χ1v) is 4.57. The summed E-state index contributed by atoms with van der Waals surface area (Å²) in [5.74, 6) is 0. The fourth-order valence-electron chi connectivity index (χ4n) is 1.11. The van der Waals surface area contributed by atoms with Gasteiger partial charge in [0.2, 0.25) is 0 Å². The highest BCUT2D eigenvalue weighted by Crippen LogP contribution is 2.06. The van der Waals surface area contributed by atoms with E-state index < -0.39 is 10.5 Å². The molecule has 0 bridgehead atoms. The molecule has 0 amide bonds. The molecule has 13 heavy (non-hydrogen) atoms. The first-order valence-electron chi connectivity index (χ1n) is 3.54. The second-order valence-corrected chi connectivity index (χ2v) is 3.11. The SMILES string of the molecule is O=S(=O)=NCc1ccc2[nH]cnn12. The van der Waals surface area contributed by atoms with Crippen molar-refractivity contribution in [3.63, 3.8) is 0 Å². The van der Waals surface area contributed by atoms with Crippen LogP contribution in [0.3, 0.4) is 0 Å². The summed E-state index contributed by atoms with van der Waals surface area (Å²) in [6, 6.07) is 3.58. The van der Waals surface area contributed by atoms with E-state index in [-0.39, 0.29) is 6.54 Å². The molecule has 0 saturated heterocycles. The van der Waals surface area contributed by atoms with E-state index in [0.717, 1.165) is 11.3 Å². The Morgan fingerprint density at radius 3 is 3.15 bits per heavy atom. The van der Waals surface area contributed by atoms with E-state index in [1.54, 1.807) is 10.6 Å². The second-order valence-electron chi connectivity index (χ2n) is 2.41. The van der Waals surface area contributed by atoms with E-state index in [1.165, 1.54) is 6.33 Å². The molecule has 0 radical (unpaired) electrons. The van der Waals surface area contributed by atoms with Crippen molar-refractivity contribution in [2.75, 3.05) is 0 Å². The van der Waals surface area contributed by atoms with Gasteiger partial charge in [-0.25, -0.2) is 4.52 Å². The largest absolute Gasteiger partial charge is 0.330 e. The molecule has 0 fully saturated rings. The van der Waals surface area contributed by atoms with Crippen molar-refractivity contribution in [2.45, 2.75) is 6.54 Å². The number of H-pyrrole nitrogens is 1. The highest BCUT2D eigenvalue weighted by atomic mass is 32.2. The summed E-state index contributed by atoms with van der Waals surface area (Å²) in [7, 11) is -2.36. The zero-order valence-electron chi connectivity index (χ0n) is 6.51. The summed E-state index contributed by atoms with van der Waals surface area (Å²) >= 11 is 0. The van der Waals surface area contributed by atoms with Crippen molar-refractivity contribution in [3.05, 3.63) is 24.2 Å². The van der Waals surface area contributed by atoms with Gasteiger partial charge in [0.1, 0.15) is 12.0 Å². The lowest BCUT2D eigenvalue weighted by Gasteiger charge is -1.88. The van der Waals surface area contributed by atoms with Crippen molar-refractivity contribution in [1.29, 1.82) is 0 Å². The Labute approximate surface area is 74.9 Å². The molecule has 2 aromatic rings. The van der Waals surface area contributed by atoms with Crippen molar-refractivity contribution in [1.82, 2.24) is 14.6 Å². The van der Waals surface area contributed by atoms with Crippen LogP contribution in [0.5, 0.6) is 0 Å². The molecule has 2 rings (SSSR count). The van der Waals surface area contributed by atoms with Gasteiger partial charge in [-0.1, -0.05) is 0 Å². The van der Waals surface area contributed by atoms with Crippen LogP contribution in [-0.4, -0.2) is 23.0 Å². The lowest BCUT2D eigenvalue weighted by molar-refractivity contribution is 0.619. The van der Waals surface area contributed by atoms with Crippen LogP contribution in [-0.2, 0) is 17.0 Å². The quantitative estimate of drug-likeness (QED) is 0.749. The van der Waals surface area contributed by atoms with E-state index in [0.29, 0.717) is 0 Å². The zero-order chi connectivity index (χ0) is 9.26. The van der Waals surface area contributed by atoms with Crippen LogP contribution in [0.1, 0.15) is 5.69 Å². The smallest absolute Gasteiger partial charge is 0.311 e. The van der Waals surface area contributed by atoms with E-state index >= 15 is 0 Å². The van der Waals surface area contributed by atoms with Crippen molar-refractivity contribution < 1.29 is 8.42 Å². The monoisotopic (exact) mass is 198 g/mol. The van der Waals surface area contributed by atoms with Gasteiger partial charge >= 0.3 is 10.5 Å². The van der Waals surface area contributed by atoms with Gasteiger partial charge in [0.15, 0.2) is 0 Å². The van der Waals surface area contributed by atoms with Crippen molar-refractivity contribution in [2.24, 2.45) is 4.36 Å². The van der Waals surface area contributed by atoms with E-state index in [4.69, 9.17) is 0 Å². The summed E-state index contributed by atoms with van der Waals surface area (Å²) in [6.07, 6.45) is 1.53. The van der Waals surface area contributed by atoms with Crippen molar-refractivity contribution >= 4 is 16.1 Å². The molecule has 0 atom stereocenters. The highest BCUT2D eigenvalue weighted by Gasteiger charge is 2.01. The third-order valence-electron chi connectivity index (χ3n) is 1.65. The maximum Gasteiger partial charge on any atom is 0.311 e. The number of nitrogens with zero attached hydrogens (tertiary/aromatic N) is 3. The molecule has 1 N–H and O–H groups in total. The molecular formula is C6H6N4O2S. The average molecular weight is 198 g/mol. The Hall–Kier alpha value is -1.63. The van der Waals surface area contributed by atoms with Crippen LogP contribution in [0.4, 0.5) is 0 Å². The van der Waals surface area contributed by atoms with Crippen LogP contribution in [0, 0.1) is 0 Å². The Balaban J connectivity index is 2.44. The first-order chi connectivity index (χ1) is 6.27. The van der Waals surface area contributed by atoms with Gasteiger partial charge in [-0.15, -0.1) is 0 Å². The number of fused-ring (bicyclic) bond motifs is 1. The molecule has 0 aliphatic rings. The molecule has 0 aliphatic heterocycles. The number of hydrogen-bond acceptors (Lipinski definition) is 4. The molecule has 68 valence electrons. The number of nitrogens with one attached hydrogen (secondary N) is 1. The third kappa shape index (κ3) is 1.45. The molecular weight excluding hydrogens is 192 g/mol. The minimum Gasteiger partial charge on any atom is -0.330 e. The second kappa shape index (κ2) is 3.02. The predicted octanol–water partition coefficient (Wildman–Crippen LogP) is 0.225. The maximum atomic E-state index is 10.2. The van der Waals surface area contributed by atoms with Gasteiger partial charge in [0.25, 0.3) is 0 Å². The molecule has 0 aromatic carbocycles. The maximum absolute atomic E-state index is 10.2. The summed E-state index contributed by atoms with van der Waals surface area (Å²) in [5, 5.41) is 3.96. The molecule has 2 heterocycles. The molecule has 0 aliphatic carbocycles. The number of aromatic nitrogens is 3. The van der Waals surface area contributed by atoms with Gasteiger partial charge in [-0.2, -0.15) is 17.9 Å². The van der Waals surface area contributed by atoms with E-state index in [1.807, 2.05) is 6.07 Å². The van der Waals surface area contributed by atoms with Crippen LogP contribution in [0.25, 0.3) is 5.65 Å². The van der Waals surface area contributed by atoms with Crippen LogP contribution in [0.2, 0.25) is 0 Å². The van der Waals surface area contributed by atoms with Crippen LogP contribution >= 0.6 is 0 Å². The summed E-state index contributed by atoms with van der Waals surface area (Å²) in [4.78, 5) is 2.88. The van der Waals surface area contributed by atoms with Crippen molar-refractivity contribution in [3.8, 4) is 0 Å². The Bertz CT molecular complexity index is 542. The predicted molar refractivity (Wildman–Crippen MR) is 44.6 cm³/mol. The minimum absolute atomic E-state index is 0.120. The lowest BCUT2D eigenvalue weighted by Crippen LogP contribution is -1.90. The van der Waals surface area contributed by atoms with Crippen LogP contribution < -0.4 is 0 Å². The zero-order valence-corrected chi connectivity index (χ0v) is 7.32. The number of rotatable bonds is 2. The normalized spacial score (nSPS) is 10.5. The standard InChI is InChI=1S/C6H6N4O2S/c11-13(12)9-3-5-1-2-6-7-4-8-10(5)6/h1-2,4H,3H2,(H,7,8). The molecule has 0 unspecified atom stereocenters.